The van der Waals surface area contributed by atoms with Crippen molar-refractivity contribution in [2.75, 3.05) is 5.32 Å². The Balaban J connectivity index is 1.47. The van der Waals surface area contributed by atoms with Gasteiger partial charge in [0, 0.05) is 30.1 Å². The van der Waals surface area contributed by atoms with Gasteiger partial charge in [-0.15, -0.1) is 0 Å². The van der Waals surface area contributed by atoms with Crippen LogP contribution in [0.25, 0.3) is 0 Å². The average molecular weight is 428 g/mol. The van der Waals surface area contributed by atoms with Crippen molar-refractivity contribution in [3.05, 3.63) is 41.1 Å². The number of phenolic OH excluding ortho intramolecular Hbond substituents is 1. The first-order valence-electron chi connectivity index (χ1n) is 10.4. The molecule has 1 aromatic heterocycles. The van der Waals surface area contributed by atoms with E-state index in [1.54, 1.807) is 12.1 Å². The molecule has 166 valence electrons. The highest BCUT2D eigenvalue weighted by Crippen LogP contribution is 2.35. The highest BCUT2D eigenvalue weighted by Gasteiger charge is 2.30. The first kappa shape index (κ1) is 22.3. The Bertz CT molecular complexity index is 940. The van der Waals surface area contributed by atoms with Gasteiger partial charge >= 0.3 is 6.09 Å². The molecular formula is C22H28N4O5. The summed E-state index contributed by atoms with van der Waals surface area (Å²) in [6, 6.07) is 6.54. The van der Waals surface area contributed by atoms with E-state index in [-0.39, 0.29) is 41.7 Å². The molecular weight excluding hydrogens is 400 g/mol. The predicted octanol–water partition coefficient (Wildman–Crippen LogP) is 3.27. The Morgan fingerprint density at radius 2 is 2.13 bits per heavy atom. The molecule has 1 aliphatic rings. The Morgan fingerprint density at radius 3 is 2.87 bits per heavy atom. The molecule has 9 heteroatoms. The third-order valence-corrected chi connectivity index (χ3v) is 5.23. The molecule has 31 heavy (non-hydrogen) atoms. The van der Waals surface area contributed by atoms with Crippen LogP contribution in [0, 0.1) is 0 Å². The molecule has 0 aliphatic heterocycles. The summed E-state index contributed by atoms with van der Waals surface area (Å²) in [6.07, 6.45) is 3.07. The number of amides is 2. The van der Waals surface area contributed by atoms with E-state index < -0.39 is 6.09 Å². The van der Waals surface area contributed by atoms with Crippen LogP contribution in [0.4, 0.5) is 10.6 Å². The number of benzene rings is 1. The fraction of sp³-hybridized carbons (Fsp3) is 0.455. The SMILES string of the molecule is CC(C)NC(=O)O[C@@H]1CC[C@H](c2cc(NC(=O)CCc3ccc(O)c(C=O)c3)n[nH]2)C1. The number of phenols is 1. The van der Waals surface area contributed by atoms with E-state index in [9.17, 15) is 19.5 Å². The number of carbonyl (C=O) groups excluding carboxylic acids is 3. The van der Waals surface area contributed by atoms with Crippen molar-refractivity contribution in [1.82, 2.24) is 15.5 Å². The number of ether oxygens (including phenoxy) is 1. The minimum Gasteiger partial charge on any atom is -0.507 e. The molecule has 1 heterocycles. The molecule has 0 spiro atoms. The molecule has 2 atom stereocenters. The average Bonchev–Trinajstić information content (AvgIpc) is 3.36. The number of aromatic hydroxyl groups is 1. The van der Waals surface area contributed by atoms with Gasteiger partial charge in [0.2, 0.25) is 5.91 Å². The summed E-state index contributed by atoms with van der Waals surface area (Å²) in [5.41, 5.74) is 1.89. The molecule has 0 bridgehead atoms. The fourth-order valence-electron chi connectivity index (χ4n) is 3.68. The lowest BCUT2D eigenvalue weighted by atomic mass is 10.0. The molecule has 1 saturated carbocycles. The minimum atomic E-state index is -0.396. The van der Waals surface area contributed by atoms with E-state index in [0.717, 1.165) is 24.1 Å². The van der Waals surface area contributed by atoms with E-state index in [2.05, 4.69) is 20.8 Å². The smallest absolute Gasteiger partial charge is 0.407 e. The van der Waals surface area contributed by atoms with Crippen LogP contribution in [0.5, 0.6) is 5.75 Å². The van der Waals surface area contributed by atoms with Gasteiger partial charge in [-0.05, 0) is 57.2 Å². The van der Waals surface area contributed by atoms with E-state index in [1.165, 1.54) is 6.07 Å². The number of aromatic amines is 1. The summed E-state index contributed by atoms with van der Waals surface area (Å²) in [5, 5.41) is 22.2. The lowest BCUT2D eigenvalue weighted by Crippen LogP contribution is -2.33. The maximum Gasteiger partial charge on any atom is 0.407 e. The van der Waals surface area contributed by atoms with Crippen LogP contribution in [0.3, 0.4) is 0 Å². The molecule has 2 amide bonds. The van der Waals surface area contributed by atoms with Crippen LogP contribution < -0.4 is 10.6 Å². The quantitative estimate of drug-likeness (QED) is 0.477. The number of hydrogen-bond donors (Lipinski definition) is 4. The number of alkyl carbamates (subject to hydrolysis) is 1. The van der Waals surface area contributed by atoms with E-state index >= 15 is 0 Å². The Labute approximate surface area is 180 Å². The summed E-state index contributed by atoms with van der Waals surface area (Å²) in [4.78, 5) is 34.9. The van der Waals surface area contributed by atoms with Crippen LogP contribution in [0.1, 0.15) is 67.1 Å². The van der Waals surface area contributed by atoms with Crippen molar-refractivity contribution in [3.8, 4) is 5.75 Å². The highest BCUT2D eigenvalue weighted by atomic mass is 16.6. The van der Waals surface area contributed by atoms with Crippen molar-refractivity contribution in [3.63, 3.8) is 0 Å². The predicted molar refractivity (Wildman–Crippen MR) is 114 cm³/mol. The zero-order valence-electron chi connectivity index (χ0n) is 17.7. The van der Waals surface area contributed by atoms with Crippen LogP contribution in [0.2, 0.25) is 0 Å². The van der Waals surface area contributed by atoms with Gasteiger partial charge in [0.05, 0.1) is 5.56 Å². The molecule has 0 radical (unpaired) electrons. The van der Waals surface area contributed by atoms with E-state index in [4.69, 9.17) is 4.74 Å². The normalized spacial score (nSPS) is 18.0. The molecule has 1 aliphatic carbocycles. The number of anilines is 1. The van der Waals surface area contributed by atoms with Gasteiger partial charge in [0.1, 0.15) is 11.9 Å². The Hall–Kier alpha value is -3.36. The first-order valence-corrected chi connectivity index (χ1v) is 10.4. The maximum absolute atomic E-state index is 12.3. The number of nitrogens with one attached hydrogen (secondary N) is 3. The van der Waals surface area contributed by atoms with Crippen molar-refractivity contribution in [2.24, 2.45) is 0 Å². The second-order valence-electron chi connectivity index (χ2n) is 8.10. The number of aromatic nitrogens is 2. The lowest BCUT2D eigenvalue weighted by Gasteiger charge is -2.14. The van der Waals surface area contributed by atoms with Crippen molar-refractivity contribution >= 4 is 24.1 Å². The van der Waals surface area contributed by atoms with Crippen LogP contribution >= 0.6 is 0 Å². The van der Waals surface area contributed by atoms with Crippen molar-refractivity contribution in [2.45, 2.75) is 64.0 Å². The molecule has 9 nitrogen and oxygen atoms in total. The van der Waals surface area contributed by atoms with Crippen LogP contribution in [-0.2, 0) is 16.0 Å². The zero-order chi connectivity index (χ0) is 22.4. The Morgan fingerprint density at radius 1 is 1.32 bits per heavy atom. The van der Waals surface area contributed by atoms with Crippen LogP contribution in [-0.4, -0.2) is 45.7 Å². The molecule has 1 fully saturated rings. The summed E-state index contributed by atoms with van der Waals surface area (Å²) >= 11 is 0. The van der Waals surface area contributed by atoms with Gasteiger partial charge in [-0.25, -0.2) is 4.79 Å². The molecule has 2 aromatic rings. The highest BCUT2D eigenvalue weighted by molar-refractivity contribution is 5.90. The fourth-order valence-corrected chi connectivity index (χ4v) is 3.68. The van der Waals surface area contributed by atoms with Gasteiger partial charge in [-0.1, -0.05) is 6.07 Å². The molecule has 3 rings (SSSR count). The van der Waals surface area contributed by atoms with Gasteiger partial charge < -0.3 is 20.5 Å². The largest absolute Gasteiger partial charge is 0.507 e. The maximum atomic E-state index is 12.3. The second-order valence-corrected chi connectivity index (χ2v) is 8.10. The monoisotopic (exact) mass is 428 g/mol. The summed E-state index contributed by atoms with van der Waals surface area (Å²) in [7, 11) is 0. The van der Waals surface area contributed by atoms with Gasteiger partial charge in [-0.3, -0.25) is 14.7 Å². The number of H-pyrrole nitrogens is 1. The van der Waals surface area contributed by atoms with Crippen LogP contribution in [0.15, 0.2) is 24.3 Å². The molecule has 1 aromatic carbocycles. The van der Waals surface area contributed by atoms with E-state index in [1.807, 2.05) is 19.9 Å². The summed E-state index contributed by atoms with van der Waals surface area (Å²) in [6.45, 7) is 3.76. The third-order valence-electron chi connectivity index (χ3n) is 5.23. The number of rotatable bonds is 8. The van der Waals surface area contributed by atoms with Crippen molar-refractivity contribution in [1.29, 1.82) is 0 Å². The van der Waals surface area contributed by atoms with Gasteiger partial charge in [-0.2, -0.15) is 5.10 Å². The number of aryl methyl sites for hydroxylation is 1. The molecule has 0 unspecified atom stereocenters. The minimum absolute atomic E-state index is 0.0320. The molecule has 4 N–H and O–H groups in total. The first-order chi connectivity index (χ1) is 14.8. The zero-order valence-corrected chi connectivity index (χ0v) is 17.7. The number of hydrogen-bond acceptors (Lipinski definition) is 6. The van der Waals surface area contributed by atoms with Gasteiger partial charge in [0.15, 0.2) is 12.1 Å². The van der Waals surface area contributed by atoms with Crippen molar-refractivity contribution < 1.29 is 24.2 Å². The van der Waals surface area contributed by atoms with Gasteiger partial charge in [0.25, 0.3) is 0 Å². The topological polar surface area (TPSA) is 133 Å². The number of carbonyl (C=O) groups is 3. The Kier molecular flexibility index (Phi) is 7.28. The summed E-state index contributed by atoms with van der Waals surface area (Å²) < 4.78 is 5.45. The number of aldehydes is 1. The summed E-state index contributed by atoms with van der Waals surface area (Å²) in [5.74, 6) is 0.360. The second kappa shape index (κ2) is 10.1. The van der Waals surface area contributed by atoms with E-state index in [0.29, 0.717) is 24.9 Å². The lowest BCUT2D eigenvalue weighted by molar-refractivity contribution is -0.116. The number of nitrogens with zero attached hydrogens (tertiary/aromatic N) is 1. The standard InChI is InChI=1S/C22H28N4O5/c1-13(2)23-22(30)31-17-6-5-15(10-17)18-11-20(26-25-18)24-21(29)8-4-14-3-7-19(28)16(9-14)12-27/h3,7,9,11-13,15,17,28H,4-6,8,10H2,1-2H3,(H,23,30)(H2,24,25,26,29)/t15-,17+/m0/s1. The molecule has 0 saturated heterocycles. The third kappa shape index (κ3) is 6.31.